The van der Waals surface area contributed by atoms with Gasteiger partial charge < -0.3 is 15.4 Å². The number of halogens is 3. The first-order valence-electron chi connectivity index (χ1n) is 8.85. The fourth-order valence-corrected chi connectivity index (χ4v) is 3.04. The Balaban J connectivity index is 1.70. The van der Waals surface area contributed by atoms with Crippen molar-refractivity contribution < 1.29 is 32.3 Å². The zero-order valence-corrected chi connectivity index (χ0v) is 16.0. The number of imide groups is 1. The lowest BCUT2D eigenvalue weighted by atomic mass is 9.91. The van der Waals surface area contributed by atoms with E-state index in [0.717, 1.165) is 22.6 Å². The van der Waals surface area contributed by atoms with Gasteiger partial charge in [0.15, 0.2) is 0 Å². The van der Waals surface area contributed by atoms with Gasteiger partial charge in [-0.3, -0.25) is 14.5 Å². The molecule has 0 radical (unpaired) electrons. The van der Waals surface area contributed by atoms with Gasteiger partial charge in [0, 0.05) is 11.8 Å². The molecule has 2 N–H and O–H groups in total. The van der Waals surface area contributed by atoms with Crippen molar-refractivity contribution >= 4 is 23.5 Å². The summed E-state index contributed by atoms with van der Waals surface area (Å²) in [5.74, 6) is -1.88. The van der Waals surface area contributed by atoms with E-state index in [1.165, 1.54) is 19.1 Å². The van der Waals surface area contributed by atoms with Gasteiger partial charge >= 0.3 is 12.4 Å². The summed E-state index contributed by atoms with van der Waals surface area (Å²) >= 11 is 0. The van der Waals surface area contributed by atoms with E-state index in [2.05, 4.69) is 15.4 Å². The molecule has 0 saturated carbocycles. The number of aryl methyl sites for hydroxylation is 1. The van der Waals surface area contributed by atoms with E-state index in [9.17, 15) is 27.6 Å². The van der Waals surface area contributed by atoms with Crippen LogP contribution in [0.5, 0.6) is 5.75 Å². The molecule has 1 saturated heterocycles. The van der Waals surface area contributed by atoms with Crippen molar-refractivity contribution in [2.45, 2.75) is 25.7 Å². The Morgan fingerprint density at radius 3 is 2.47 bits per heavy atom. The summed E-state index contributed by atoms with van der Waals surface area (Å²) in [6.07, 6.45) is -4.87. The molecule has 1 atom stereocenters. The third kappa shape index (κ3) is 4.53. The van der Waals surface area contributed by atoms with Crippen LogP contribution in [0.1, 0.15) is 18.1 Å². The molecule has 2 aromatic rings. The molecule has 30 heavy (non-hydrogen) atoms. The fraction of sp³-hybridized carbons (Fsp3) is 0.250. The number of hydrogen-bond donors (Lipinski definition) is 2. The molecule has 1 fully saturated rings. The van der Waals surface area contributed by atoms with E-state index in [0.29, 0.717) is 5.56 Å². The summed E-state index contributed by atoms with van der Waals surface area (Å²) in [7, 11) is 0. The quantitative estimate of drug-likeness (QED) is 0.726. The zero-order valence-electron chi connectivity index (χ0n) is 16.0. The zero-order chi connectivity index (χ0) is 22.1. The summed E-state index contributed by atoms with van der Waals surface area (Å²) in [5.41, 5.74) is 0.236. The number of amides is 4. The normalized spacial score (nSPS) is 18.9. The average molecular weight is 421 g/mol. The van der Waals surface area contributed by atoms with Crippen LogP contribution >= 0.6 is 0 Å². The number of anilines is 1. The van der Waals surface area contributed by atoms with Crippen molar-refractivity contribution in [3.8, 4) is 5.75 Å². The predicted molar refractivity (Wildman–Crippen MR) is 101 cm³/mol. The Morgan fingerprint density at radius 2 is 1.83 bits per heavy atom. The fourth-order valence-electron chi connectivity index (χ4n) is 3.04. The molecule has 4 amide bonds. The molecule has 0 unspecified atom stereocenters. The van der Waals surface area contributed by atoms with Gasteiger partial charge in [-0.15, -0.1) is 13.2 Å². The molecule has 0 bridgehead atoms. The van der Waals surface area contributed by atoms with Gasteiger partial charge in [0.25, 0.3) is 5.91 Å². The second kappa shape index (κ2) is 7.69. The van der Waals surface area contributed by atoms with Crippen LogP contribution in [0.4, 0.5) is 23.7 Å². The number of urea groups is 1. The van der Waals surface area contributed by atoms with E-state index in [4.69, 9.17) is 0 Å². The summed E-state index contributed by atoms with van der Waals surface area (Å²) in [6, 6.07) is 10.9. The minimum absolute atomic E-state index is 0.0232. The van der Waals surface area contributed by atoms with Gasteiger partial charge in [0.2, 0.25) is 5.91 Å². The lowest BCUT2D eigenvalue weighted by molar-refractivity contribution is -0.274. The highest BCUT2D eigenvalue weighted by Gasteiger charge is 2.49. The second-order valence-corrected chi connectivity index (χ2v) is 6.94. The number of benzene rings is 2. The Morgan fingerprint density at radius 1 is 1.17 bits per heavy atom. The van der Waals surface area contributed by atoms with Gasteiger partial charge in [-0.2, -0.15) is 0 Å². The Kier molecular flexibility index (Phi) is 5.43. The number of ether oxygens (including phenoxy) is 1. The third-order valence-electron chi connectivity index (χ3n) is 4.56. The standard InChI is InChI=1S/C20H18F3N3O4/c1-12-6-8-13(9-7-12)19(2)17(28)26(18(29)25-19)11-16(27)24-14-4-3-5-15(10-14)30-20(21,22)23/h3-10H,11H2,1-2H3,(H,24,27)(H,25,29)/t19-/m1/s1. The molecule has 0 aliphatic carbocycles. The summed E-state index contributed by atoms with van der Waals surface area (Å²) in [4.78, 5) is 38.2. The number of nitrogens with one attached hydrogen (secondary N) is 2. The second-order valence-electron chi connectivity index (χ2n) is 6.94. The van der Waals surface area contributed by atoms with Crippen LogP contribution in [0, 0.1) is 6.92 Å². The van der Waals surface area contributed by atoms with Crippen molar-refractivity contribution in [1.82, 2.24) is 10.2 Å². The minimum Gasteiger partial charge on any atom is -0.406 e. The van der Waals surface area contributed by atoms with Gasteiger partial charge in [-0.1, -0.05) is 35.9 Å². The van der Waals surface area contributed by atoms with E-state index < -0.39 is 42.0 Å². The summed E-state index contributed by atoms with van der Waals surface area (Å²) in [6.45, 7) is 2.82. The van der Waals surface area contributed by atoms with E-state index in [-0.39, 0.29) is 5.69 Å². The molecule has 7 nitrogen and oxygen atoms in total. The predicted octanol–water partition coefficient (Wildman–Crippen LogP) is 3.30. The minimum atomic E-state index is -4.87. The molecule has 1 aliphatic rings. The van der Waals surface area contributed by atoms with Crippen LogP contribution in [0.15, 0.2) is 48.5 Å². The number of hydrogen-bond acceptors (Lipinski definition) is 4. The maximum atomic E-state index is 12.8. The Labute approximate surface area is 169 Å². The van der Waals surface area contributed by atoms with Gasteiger partial charge in [0.05, 0.1) is 0 Å². The molecule has 3 rings (SSSR count). The molecular weight excluding hydrogens is 403 g/mol. The van der Waals surface area contributed by atoms with E-state index in [1.54, 1.807) is 24.3 Å². The van der Waals surface area contributed by atoms with Crippen LogP contribution in [-0.2, 0) is 15.1 Å². The largest absolute Gasteiger partial charge is 0.573 e. The average Bonchev–Trinajstić information content (AvgIpc) is 2.85. The number of carbonyl (C=O) groups excluding carboxylic acids is 3. The molecule has 0 spiro atoms. The number of nitrogens with zero attached hydrogens (tertiary/aromatic N) is 1. The summed E-state index contributed by atoms with van der Waals surface area (Å²) < 4.78 is 40.8. The highest BCUT2D eigenvalue weighted by atomic mass is 19.4. The molecule has 1 heterocycles. The monoisotopic (exact) mass is 421 g/mol. The van der Waals surface area contributed by atoms with Crippen LogP contribution in [0.2, 0.25) is 0 Å². The Hall–Kier alpha value is -3.56. The molecular formula is C20H18F3N3O4. The van der Waals surface area contributed by atoms with Gasteiger partial charge in [-0.25, -0.2) is 4.79 Å². The number of alkyl halides is 3. The molecule has 158 valence electrons. The van der Waals surface area contributed by atoms with Crippen molar-refractivity contribution in [1.29, 1.82) is 0 Å². The van der Waals surface area contributed by atoms with Gasteiger partial charge in [0.1, 0.15) is 17.8 Å². The van der Waals surface area contributed by atoms with Crippen molar-refractivity contribution in [3.63, 3.8) is 0 Å². The van der Waals surface area contributed by atoms with Crippen LogP contribution in [0.3, 0.4) is 0 Å². The Bertz CT molecular complexity index is 992. The number of rotatable bonds is 5. The molecule has 0 aromatic heterocycles. The van der Waals surface area contributed by atoms with E-state index in [1.807, 2.05) is 6.92 Å². The molecule has 2 aromatic carbocycles. The maximum absolute atomic E-state index is 12.8. The maximum Gasteiger partial charge on any atom is 0.573 e. The SMILES string of the molecule is Cc1ccc([C@@]2(C)NC(=O)N(CC(=O)Nc3cccc(OC(F)(F)F)c3)C2=O)cc1. The number of carbonyl (C=O) groups is 3. The third-order valence-corrected chi connectivity index (χ3v) is 4.56. The van der Waals surface area contributed by atoms with Crippen LogP contribution in [-0.4, -0.2) is 35.7 Å². The first kappa shape index (κ1) is 21.2. The highest BCUT2D eigenvalue weighted by molar-refractivity contribution is 6.10. The first-order valence-corrected chi connectivity index (χ1v) is 8.85. The topological polar surface area (TPSA) is 87.7 Å². The summed E-state index contributed by atoms with van der Waals surface area (Å²) in [5, 5.41) is 4.93. The molecule has 10 heteroatoms. The van der Waals surface area contributed by atoms with Gasteiger partial charge in [-0.05, 0) is 31.5 Å². The smallest absolute Gasteiger partial charge is 0.406 e. The van der Waals surface area contributed by atoms with Crippen molar-refractivity contribution in [2.24, 2.45) is 0 Å². The van der Waals surface area contributed by atoms with Crippen molar-refractivity contribution in [2.75, 3.05) is 11.9 Å². The van der Waals surface area contributed by atoms with E-state index >= 15 is 0 Å². The van der Waals surface area contributed by atoms with Crippen molar-refractivity contribution in [3.05, 3.63) is 59.7 Å². The van der Waals surface area contributed by atoms with Crippen LogP contribution in [0.25, 0.3) is 0 Å². The lowest BCUT2D eigenvalue weighted by Crippen LogP contribution is -2.42. The highest BCUT2D eigenvalue weighted by Crippen LogP contribution is 2.29. The molecule has 1 aliphatic heterocycles. The van der Waals surface area contributed by atoms with Crippen LogP contribution < -0.4 is 15.4 Å². The first-order chi connectivity index (χ1) is 14.0. The lowest BCUT2D eigenvalue weighted by Gasteiger charge is -2.22.